The molecular weight excluding hydrogens is 276 g/mol. The van der Waals surface area contributed by atoms with Crippen molar-refractivity contribution < 1.29 is 4.74 Å². The normalized spacial score (nSPS) is 9.73. The first-order chi connectivity index (χ1) is 5.24. The van der Waals surface area contributed by atoms with Crippen LogP contribution in [0.5, 0.6) is 5.88 Å². The molecule has 0 saturated carbocycles. The second-order valence-corrected chi connectivity index (χ2v) is 3.29. The summed E-state index contributed by atoms with van der Waals surface area (Å²) < 4.78 is 6.46. The first kappa shape index (κ1) is 8.93. The zero-order valence-electron chi connectivity index (χ0n) is 5.84. The zero-order chi connectivity index (χ0) is 8.27. The van der Waals surface area contributed by atoms with Gasteiger partial charge in [-0.25, -0.2) is 9.97 Å². The Morgan fingerprint density at radius 2 is 2.27 bits per heavy atom. The van der Waals surface area contributed by atoms with Crippen LogP contribution in [-0.2, 0) is 0 Å². The highest BCUT2D eigenvalue weighted by atomic mass is 79.9. The topological polar surface area (TPSA) is 35.0 Å². The Morgan fingerprint density at radius 1 is 1.55 bits per heavy atom. The van der Waals surface area contributed by atoms with E-state index < -0.39 is 0 Å². The lowest BCUT2D eigenvalue weighted by Crippen LogP contribution is -1.96. The van der Waals surface area contributed by atoms with Gasteiger partial charge >= 0.3 is 0 Å². The monoisotopic (exact) mass is 280 g/mol. The van der Waals surface area contributed by atoms with Gasteiger partial charge in [-0.3, -0.25) is 0 Å². The van der Waals surface area contributed by atoms with Crippen LogP contribution in [0.15, 0.2) is 15.4 Å². The fourth-order valence-corrected chi connectivity index (χ4v) is 1.49. The Hall–Kier alpha value is -0.160. The summed E-state index contributed by atoms with van der Waals surface area (Å²) >= 11 is 6.41. The lowest BCUT2D eigenvalue weighted by Gasteiger charge is -2.02. The Labute approximate surface area is 81.4 Å². The van der Waals surface area contributed by atoms with Crippen molar-refractivity contribution in [2.75, 3.05) is 6.61 Å². The lowest BCUT2D eigenvalue weighted by molar-refractivity contribution is 0.322. The van der Waals surface area contributed by atoms with Crippen LogP contribution in [0.4, 0.5) is 0 Å². The molecule has 0 aliphatic heterocycles. The van der Waals surface area contributed by atoms with E-state index in [4.69, 9.17) is 4.74 Å². The van der Waals surface area contributed by atoms with Crippen LogP contribution in [0.3, 0.4) is 0 Å². The van der Waals surface area contributed by atoms with Crippen LogP contribution < -0.4 is 4.74 Å². The van der Waals surface area contributed by atoms with Crippen molar-refractivity contribution in [1.82, 2.24) is 9.97 Å². The Bertz CT molecular complexity index is 254. The predicted octanol–water partition coefficient (Wildman–Crippen LogP) is 2.40. The number of halogens is 2. The van der Waals surface area contributed by atoms with Crippen molar-refractivity contribution in [3.8, 4) is 5.88 Å². The molecule has 0 fully saturated rings. The Morgan fingerprint density at radius 3 is 2.82 bits per heavy atom. The van der Waals surface area contributed by atoms with Gasteiger partial charge in [-0.1, -0.05) is 0 Å². The maximum Gasteiger partial charge on any atom is 0.247 e. The molecular formula is C6H6Br2N2O. The van der Waals surface area contributed by atoms with Crippen molar-refractivity contribution in [3.05, 3.63) is 15.4 Å². The molecule has 0 aliphatic carbocycles. The molecule has 1 heterocycles. The predicted molar refractivity (Wildman–Crippen MR) is 48.6 cm³/mol. The molecule has 0 radical (unpaired) electrons. The van der Waals surface area contributed by atoms with Crippen LogP contribution in [0, 0.1) is 0 Å². The number of aromatic nitrogens is 2. The summed E-state index contributed by atoms with van der Waals surface area (Å²) in [7, 11) is 0. The molecule has 0 aromatic carbocycles. The van der Waals surface area contributed by atoms with Gasteiger partial charge in [0, 0.05) is 0 Å². The SMILES string of the molecule is CCOc1ncc(Br)nc1Br. The van der Waals surface area contributed by atoms with Crippen LogP contribution in [-0.4, -0.2) is 16.6 Å². The molecule has 1 rings (SSSR count). The molecule has 0 N–H and O–H groups in total. The van der Waals surface area contributed by atoms with Crippen molar-refractivity contribution >= 4 is 31.9 Å². The van der Waals surface area contributed by atoms with Gasteiger partial charge < -0.3 is 4.74 Å². The summed E-state index contributed by atoms with van der Waals surface area (Å²) in [5.41, 5.74) is 0. The second kappa shape index (κ2) is 4.01. The highest BCUT2D eigenvalue weighted by Crippen LogP contribution is 2.20. The van der Waals surface area contributed by atoms with Gasteiger partial charge in [0.15, 0.2) is 4.60 Å². The molecule has 3 nitrogen and oxygen atoms in total. The Balaban J connectivity index is 2.90. The van der Waals surface area contributed by atoms with E-state index in [9.17, 15) is 0 Å². The molecule has 0 aliphatic rings. The molecule has 0 bridgehead atoms. The van der Waals surface area contributed by atoms with Crippen LogP contribution in [0.25, 0.3) is 0 Å². The molecule has 0 saturated heterocycles. The van der Waals surface area contributed by atoms with Crippen LogP contribution >= 0.6 is 31.9 Å². The third-order valence-corrected chi connectivity index (χ3v) is 1.85. The van der Waals surface area contributed by atoms with E-state index in [1.807, 2.05) is 6.92 Å². The standard InChI is InChI=1S/C6H6Br2N2O/c1-2-11-6-5(8)10-4(7)3-9-6/h3H,2H2,1H3. The highest BCUT2D eigenvalue weighted by Gasteiger charge is 2.02. The minimum atomic E-state index is 0.524. The summed E-state index contributed by atoms with van der Waals surface area (Å²) in [6.07, 6.45) is 1.59. The largest absolute Gasteiger partial charge is 0.476 e. The van der Waals surface area contributed by atoms with Crippen molar-refractivity contribution in [1.29, 1.82) is 0 Å². The third kappa shape index (κ3) is 2.41. The quantitative estimate of drug-likeness (QED) is 0.835. The van der Waals surface area contributed by atoms with E-state index in [1.165, 1.54) is 0 Å². The molecule has 60 valence electrons. The molecule has 0 unspecified atom stereocenters. The minimum absolute atomic E-state index is 0.524. The van der Waals surface area contributed by atoms with Gasteiger partial charge in [-0.15, -0.1) is 0 Å². The molecule has 0 spiro atoms. The summed E-state index contributed by atoms with van der Waals surface area (Å²) in [5, 5.41) is 0. The van der Waals surface area contributed by atoms with Gasteiger partial charge in [0.2, 0.25) is 5.88 Å². The number of nitrogens with zero attached hydrogens (tertiary/aromatic N) is 2. The van der Waals surface area contributed by atoms with Gasteiger partial charge in [0.05, 0.1) is 12.8 Å². The van der Waals surface area contributed by atoms with Crippen molar-refractivity contribution in [2.45, 2.75) is 6.92 Å². The van der Waals surface area contributed by atoms with Gasteiger partial charge in [0.25, 0.3) is 0 Å². The van der Waals surface area contributed by atoms with E-state index in [0.29, 0.717) is 21.7 Å². The lowest BCUT2D eigenvalue weighted by atomic mass is 10.7. The molecule has 1 aromatic heterocycles. The van der Waals surface area contributed by atoms with Crippen LogP contribution in [0.1, 0.15) is 6.92 Å². The zero-order valence-corrected chi connectivity index (χ0v) is 9.02. The number of ether oxygens (including phenoxy) is 1. The molecule has 1 aromatic rings. The average Bonchev–Trinajstić information content (AvgIpc) is 1.95. The Kier molecular flexibility index (Phi) is 3.26. The van der Waals surface area contributed by atoms with Crippen molar-refractivity contribution in [2.24, 2.45) is 0 Å². The fourth-order valence-electron chi connectivity index (χ4n) is 0.569. The molecule has 11 heavy (non-hydrogen) atoms. The van der Waals surface area contributed by atoms with E-state index in [-0.39, 0.29) is 0 Å². The van der Waals surface area contributed by atoms with Crippen LogP contribution in [0.2, 0.25) is 0 Å². The smallest absolute Gasteiger partial charge is 0.247 e. The third-order valence-electron chi connectivity index (χ3n) is 0.951. The maximum absolute atomic E-state index is 5.15. The second-order valence-electron chi connectivity index (χ2n) is 1.72. The first-order valence-electron chi connectivity index (χ1n) is 3.05. The van der Waals surface area contributed by atoms with Gasteiger partial charge in [-0.2, -0.15) is 0 Å². The number of hydrogen-bond acceptors (Lipinski definition) is 3. The maximum atomic E-state index is 5.15. The molecule has 5 heteroatoms. The number of hydrogen-bond donors (Lipinski definition) is 0. The van der Waals surface area contributed by atoms with Gasteiger partial charge in [0.1, 0.15) is 4.60 Å². The summed E-state index contributed by atoms with van der Waals surface area (Å²) in [6.45, 7) is 2.49. The molecule has 0 atom stereocenters. The average molecular weight is 282 g/mol. The van der Waals surface area contributed by atoms with E-state index >= 15 is 0 Å². The summed E-state index contributed by atoms with van der Waals surface area (Å²) in [6, 6.07) is 0. The summed E-state index contributed by atoms with van der Waals surface area (Å²) in [4.78, 5) is 8.03. The minimum Gasteiger partial charge on any atom is -0.476 e. The fraction of sp³-hybridized carbons (Fsp3) is 0.333. The van der Waals surface area contributed by atoms with Crippen molar-refractivity contribution in [3.63, 3.8) is 0 Å². The van der Waals surface area contributed by atoms with Gasteiger partial charge in [-0.05, 0) is 38.8 Å². The molecule has 0 amide bonds. The van der Waals surface area contributed by atoms with E-state index in [0.717, 1.165) is 0 Å². The number of rotatable bonds is 2. The highest BCUT2D eigenvalue weighted by molar-refractivity contribution is 9.11. The summed E-state index contributed by atoms with van der Waals surface area (Å²) in [5.74, 6) is 0.524. The van der Waals surface area contributed by atoms with E-state index in [2.05, 4.69) is 41.8 Å². The first-order valence-corrected chi connectivity index (χ1v) is 4.63. The van der Waals surface area contributed by atoms with E-state index in [1.54, 1.807) is 6.20 Å².